The van der Waals surface area contributed by atoms with Crippen LogP contribution in [0.3, 0.4) is 0 Å². The van der Waals surface area contributed by atoms with E-state index in [1.54, 1.807) is 0 Å². The number of rotatable bonds is 5. The predicted molar refractivity (Wildman–Crippen MR) is 115 cm³/mol. The van der Waals surface area contributed by atoms with E-state index < -0.39 is 0 Å². The lowest BCUT2D eigenvalue weighted by molar-refractivity contribution is 0.647. The fourth-order valence-electron chi connectivity index (χ4n) is 4.24. The summed E-state index contributed by atoms with van der Waals surface area (Å²) < 4.78 is 0. The Balaban J connectivity index is 1.84. The summed E-state index contributed by atoms with van der Waals surface area (Å²) in [6.45, 7) is 9.30. The smallest absolute Gasteiger partial charge is 0.0707 e. The third-order valence-corrected chi connectivity index (χ3v) is 6.14. The molecule has 0 saturated heterocycles. The van der Waals surface area contributed by atoms with Crippen molar-refractivity contribution in [3.05, 3.63) is 78.0 Å². The van der Waals surface area contributed by atoms with Crippen molar-refractivity contribution >= 4 is 0 Å². The summed E-state index contributed by atoms with van der Waals surface area (Å²) >= 11 is 0. The normalized spacial score (nSPS) is 21.4. The second kappa shape index (κ2) is 6.96. The van der Waals surface area contributed by atoms with Crippen LogP contribution in [0, 0.1) is 11.8 Å². The highest BCUT2D eigenvalue weighted by atomic mass is 14.7. The molecule has 138 valence electrons. The topological polar surface area (TPSA) is 12.9 Å². The highest BCUT2D eigenvalue weighted by Crippen LogP contribution is 2.56. The van der Waals surface area contributed by atoms with Crippen molar-refractivity contribution in [2.24, 2.45) is 11.8 Å². The number of nitrogens with zero attached hydrogens (tertiary/aromatic N) is 1. The molecule has 0 spiro atoms. The van der Waals surface area contributed by atoms with Gasteiger partial charge in [0.25, 0.3) is 0 Å². The summed E-state index contributed by atoms with van der Waals surface area (Å²) in [5.74, 6) is 1.38. The molecular weight excluding hydrogens is 326 g/mol. The molecule has 1 heterocycles. The van der Waals surface area contributed by atoms with Gasteiger partial charge in [-0.1, -0.05) is 70.2 Å². The van der Waals surface area contributed by atoms with Gasteiger partial charge in [0.15, 0.2) is 0 Å². The van der Waals surface area contributed by atoms with E-state index in [1.165, 1.54) is 34.2 Å². The molecule has 1 aliphatic rings. The Bertz CT molecular complexity index is 941. The monoisotopic (exact) mass is 355 g/mol. The quantitative estimate of drug-likeness (QED) is 0.484. The molecule has 1 fully saturated rings. The summed E-state index contributed by atoms with van der Waals surface area (Å²) in [4.78, 5) is 4.78. The van der Waals surface area contributed by atoms with Crippen LogP contribution in [0.2, 0.25) is 0 Å². The van der Waals surface area contributed by atoms with E-state index in [0.29, 0.717) is 5.92 Å². The van der Waals surface area contributed by atoms with Crippen molar-refractivity contribution in [1.29, 1.82) is 0 Å². The van der Waals surface area contributed by atoms with Crippen LogP contribution in [0.25, 0.3) is 22.4 Å². The maximum atomic E-state index is 4.78. The Morgan fingerprint density at radius 3 is 2.41 bits per heavy atom. The van der Waals surface area contributed by atoms with Gasteiger partial charge in [-0.05, 0) is 70.5 Å². The van der Waals surface area contributed by atoms with Gasteiger partial charge in [-0.2, -0.15) is 0 Å². The highest BCUT2D eigenvalue weighted by molar-refractivity contribution is 5.75. The van der Waals surface area contributed by atoms with Gasteiger partial charge < -0.3 is 0 Å². The lowest BCUT2D eigenvalue weighted by Crippen LogP contribution is -2.06. The minimum Gasteiger partial charge on any atom is -0.256 e. The van der Waals surface area contributed by atoms with Crippen molar-refractivity contribution in [2.75, 3.05) is 0 Å². The van der Waals surface area contributed by atoms with E-state index in [1.807, 2.05) is 6.20 Å². The molecule has 2 unspecified atom stereocenters. The zero-order valence-electron chi connectivity index (χ0n) is 16.9. The molecule has 2 aromatic carbocycles. The first-order valence-electron chi connectivity index (χ1n) is 10.1. The van der Waals surface area contributed by atoms with Crippen molar-refractivity contribution in [3.63, 3.8) is 0 Å². The summed E-state index contributed by atoms with van der Waals surface area (Å²) in [6.07, 6.45) is 4.33. The van der Waals surface area contributed by atoms with E-state index in [2.05, 4.69) is 88.4 Å². The summed E-state index contributed by atoms with van der Waals surface area (Å²) in [5.41, 5.74) is 8.04. The van der Waals surface area contributed by atoms with Crippen molar-refractivity contribution in [2.45, 2.75) is 46.0 Å². The lowest BCUT2D eigenvalue weighted by Gasteiger charge is -2.18. The summed E-state index contributed by atoms with van der Waals surface area (Å²) in [6, 6.07) is 22.1. The Labute approximate surface area is 163 Å². The van der Waals surface area contributed by atoms with E-state index in [9.17, 15) is 0 Å². The van der Waals surface area contributed by atoms with Crippen LogP contribution in [-0.2, 0) is 11.8 Å². The van der Waals surface area contributed by atoms with Crippen molar-refractivity contribution in [1.82, 2.24) is 4.98 Å². The maximum absolute atomic E-state index is 4.78. The van der Waals surface area contributed by atoms with Crippen LogP contribution in [0.4, 0.5) is 0 Å². The molecular formula is C26H29N. The molecule has 27 heavy (non-hydrogen) atoms. The third kappa shape index (κ3) is 3.56. The zero-order valence-corrected chi connectivity index (χ0v) is 16.9. The van der Waals surface area contributed by atoms with Gasteiger partial charge in [-0.15, -0.1) is 0 Å². The van der Waals surface area contributed by atoms with E-state index in [-0.39, 0.29) is 5.41 Å². The molecule has 0 bridgehead atoms. The molecule has 0 radical (unpaired) electrons. The molecule has 1 aromatic heterocycles. The van der Waals surface area contributed by atoms with Crippen LogP contribution in [0.1, 0.15) is 45.2 Å². The largest absolute Gasteiger partial charge is 0.256 e. The van der Waals surface area contributed by atoms with Crippen LogP contribution in [0.5, 0.6) is 0 Å². The Morgan fingerprint density at radius 2 is 1.74 bits per heavy atom. The number of pyridine rings is 1. The zero-order chi connectivity index (χ0) is 19.0. The molecule has 2 atom stereocenters. The minimum atomic E-state index is 0.278. The summed E-state index contributed by atoms with van der Waals surface area (Å²) in [5, 5.41) is 0. The average Bonchev–Trinajstić information content (AvgIpc) is 3.29. The molecule has 1 saturated carbocycles. The first-order chi connectivity index (χ1) is 13.0. The molecule has 3 aromatic rings. The van der Waals surface area contributed by atoms with Gasteiger partial charge in [0, 0.05) is 11.8 Å². The first-order valence-corrected chi connectivity index (χ1v) is 10.1. The Kier molecular flexibility index (Phi) is 4.63. The maximum Gasteiger partial charge on any atom is 0.0707 e. The van der Waals surface area contributed by atoms with E-state index in [4.69, 9.17) is 4.98 Å². The molecule has 1 aliphatic carbocycles. The lowest BCUT2D eigenvalue weighted by atomic mass is 9.87. The molecule has 0 amide bonds. The Hall–Kier alpha value is -2.41. The van der Waals surface area contributed by atoms with Crippen molar-refractivity contribution in [3.8, 4) is 22.4 Å². The highest BCUT2D eigenvalue weighted by Gasteiger charge is 2.49. The Morgan fingerprint density at radius 1 is 1.00 bits per heavy atom. The molecule has 0 N–H and O–H groups in total. The second-order valence-electron chi connectivity index (χ2n) is 8.80. The number of hydrogen-bond donors (Lipinski definition) is 0. The fraction of sp³-hybridized carbons (Fsp3) is 0.346. The predicted octanol–water partition coefficient (Wildman–Crippen LogP) is 6.91. The number of aromatic nitrogens is 1. The second-order valence-corrected chi connectivity index (χ2v) is 8.80. The fourth-order valence-corrected chi connectivity index (χ4v) is 4.24. The number of hydrogen-bond acceptors (Lipinski definition) is 1. The van der Waals surface area contributed by atoms with Crippen LogP contribution >= 0.6 is 0 Å². The standard InChI is InChI=1S/C26H29N/c1-18(2)14-20-12-13-27-25(15-20)23-16-22(21-8-6-5-7-9-21)10-11-24(23)26(4)17-19(26)3/h5-13,15-16,18-19H,14,17H2,1-4H3. The molecule has 0 aliphatic heterocycles. The SMILES string of the molecule is CC(C)Cc1ccnc(-c2cc(-c3ccccc3)ccc2C2(C)CC2C)c1. The van der Waals surface area contributed by atoms with Crippen LogP contribution in [-0.4, -0.2) is 4.98 Å². The van der Waals surface area contributed by atoms with E-state index >= 15 is 0 Å². The van der Waals surface area contributed by atoms with Gasteiger partial charge >= 0.3 is 0 Å². The van der Waals surface area contributed by atoms with Crippen LogP contribution < -0.4 is 0 Å². The third-order valence-electron chi connectivity index (χ3n) is 6.14. The molecule has 4 rings (SSSR count). The van der Waals surface area contributed by atoms with Gasteiger partial charge in [0.2, 0.25) is 0 Å². The molecule has 1 heteroatoms. The van der Waals surface area contributed by atoms with Crippen molar-refractivity contribution < 1.29 is 0 Å². The summed E-state index contributed by atoms with van der Waals surface area (Å²) in [7, 11) is 0. The minimum absolute atomic E-state index is 0.278. The van der Waals surface area contributed by atoms with Gasteiger partial charge in [0.05, 0.1) is 5.69 Å². The van der Waals surface area contributed by atoms with Gasteiger partial charge in [0.1, 0.15) is 0 Å². The first kappa shape index (κ1) is 18.0. The number of benzene rings is 2. The van der Waals surface area contributed by atoms with Gasteiger partial charge in [-0.25, -0.2) is 0 Å². The van der Waals surface area contributed by atoms with Crippen LogP contribution in [0.15, 0.2) is 66.9 Å². The average molecular weight is 356 g/mol. The van der Waals surface area contributed by atoms with Gasteiger partial charge in [-0.3, -0.25) is 4.98 Å². The molecule has 1 nitrogen and oxygen atoms in total. The van der Waals surface area contributed by atoms with E-state index in [0.717, 1.165) is 18.0 Å².